The number of piperidine rings is 1. The summed E-state index contributed by atoms with van der Waals surface area (Å²) in [7, 11) is 3.20. The zero-order chi connectivity index (χ0) is 22.9. The van der Waals surface area contributed by atoms with Crippen LogP contribution in [0.5, 0.6) is 11.5 Å². The Hall–Kier alpha value is -3.06. The van der Waals surface area contributed by atoms with E-state index >= 15 is 0 Å². The van der Waals surface area contributed by atoms with Crippen molar-refractivity contribution in [2.45, 2.75) is 25.8 Å². The molecule has 0 aromatic heterocycles. The Balaban J connectivity index is 1.68. The van der Waals surface area contributed by atoms with Gasteiger partial charge in [-0.1, -0.05) is 42.0 Å². The second-order valence-corrected chi connectivity index (χ2v) is 7.87. The predicted molar refractivity (Wildman–Crippen MR) is 122 cm³/mol. The number of para-hydroxylation sites is 2. The van der Waals surface area contributed by atoms with Gasteiger partial charge in [0.25, 0.3) is 0 Å². The van der Waals surface area contributed by atoms with Gasteiger partial charge in [0.15, 0.2) is 11.5 Å². The molecule has 0 spiro atoms. The normalized spacial score (nSPS) is 18.3. The summed E-state index contributed by atoms with van der Waals surface area (Å²) in [5.74, 6) is 0.928. The van der Waals surface area contributed by atoms with Crippen LogP contribution in [0.1, 0.15) is 30.0 Å². The Morgan fingerprint density at radius 2 is 1.78 bits per heavy atom. The average molecular weight is 441 g/mol. The molecule has 1 N–H and O–H groups in total. The fourth-order valence-corrected chi connectivity index (χ4v) is 4.06. The van der Waals surface area contributed by atoms with E-state index in [-0.39, 0.29) is 23.8 Å². The van der Waals surface area contributed by atoms with E-state index in [1.807, 2.05) is 55.5 Å². The van der Waals surface area contributed by atoms with Crippen LogP contribution in [0.15, 0.2) is 48.5 Å². The maximum atomic E-state index is 13.1. The summed E-state index contributed by atoms with van der Waals surface area (Å²) in [6, 6.07) is 15.1. The zero-order valence-corrected chi connectivity index (χ0v) is 19.0. The zero-order valence-electron chi connectivity index (χ0n) is 19.0. The van der Waals surface area contributed by atoms with Crippen molar-refractivity contribution in [2.75, 3.05) is 40.5 Å². The van der Waals surface area contributed by atoms with E-state index in [0.29, 0.717) is 50.6 Å². The third kappa shape index (κ3) is 5.79. The minimum Gasteiger partial charge on any atom is -0.493 e. The SMILES string of the molecule is COCCN1C(=O)CCC(C(=O)NCCOc2ccccc2OC)C1c1ccc(C)cc1. The van der Waals surface area contributed by atoms with E-state index < -0.39 is 0 Å². The molecule has 2 amide bonds. The number of hydrogen-bond acceptors (Lipinski definition) is 5. The summed E-state index contributed by atoms with van der Waals surface area (Å²) in [5, 5.41) is 2.99. The molecular weight excluding hydrogens is 408 g/mol. The van der Waals surface area contributed by atoms with Crippen molar-refractivity contribution in [1.82, 2.24) is 10.2 Å². The Labute approximate surface area is 189 Å². The van der Waals surface area contributed by atoms with Gasteiger partial charge in [-0.2, -0.15) is 0 Å². The number of aryl methyl sites for hydroxylation is 1. The highest BCUT2D eigenvalue weighted by atomic mass is 16.5. The van der Waals surface area contributed by atoms with Crippen molar-refractivity contribution in [3.8, 4) is 11.5 Å². The Morgan fingerprint density at radius 1 is 1.06 bits per heavy atom. The van der Waals surface area contributed by atoms with E-state index in [0.717, 1.165) is 11.1 Å². The quantitative estimate of drug-likeness (QED) is 0.575. The summed E-state index contributed by atoms with van der Waals surface area (Å²) >= 11 is 0. The second-order valence-electron chi connectivity index (χ2n) is 7.87. The first-order chi connectivity index (χ1) is 15.5. The van der Waals surface area contributed by atoms with Crippen molar-refractivity contribution < 1.29 is 23.8 Å². The van der Waals surface area contributed by atoms with Crippen molar-refractivity contribution in [2.24, 2.45) is 5.92 Å². The number of methoxy groups -OCH3 is 2. The molecule has 0 saturated carbocycles. The van der Waals surface area contributed by atoms with Gasteiger partial charge in [0, 0.05) is 20.1 Å². The number of nitrogens with one attached hydrogen (secondary N) is 1. The van der Waals surface area contributed by atoms with Crippen LogP contribution in [0.4, 0.5) is 0 Å². The van der Waals surface area contributed by atoms with E-state index in [1.54, 1.807) is 19.1 Å². The number of likely N-dealkylation sites (tertiary alicyclic amines) is 1. The summed E-state index contributed by atoms with van der Waals surface area (Å²) in [5.41, 5.74) is 2.10. The molecule has 32 heavy (non-hydrogen) atoms. The third-order valence-electron chi connectivity index (χ3n) is 5.73. The summed E-state index contributed by atoms with van der Waals surface area (Å²) in [6.07, 6.45) is 0.863. The van der Waals surface area contributed by atoms with Crippen LogP contribution in [0.2, 0.25) is 0 Å². The van der Waals surface area contributed by atoms with Gasteiger partial charge in [0.05, 0.1) is 32.2 Å². The summed E-state index contributed by atoms with van der Waals surface area (Å²) in [6.45, 7) is 3.58. The second kappa shape index (κ2) is 11.5. The molecule has 0 radical (unpaired) electrons. The number of benzene rings is 2. The molecule has 2 unspecified atom stereocenters. The van der Waals surface area contributed by atoms with Gasteiger partial charge in [-0.15, -0.1) is 0 Å². The van der Waals surface area contributed by atoms with Crippen molar-refractivity contribution >= 4 is 11.8 Å². The van der Waals surface area contributed by atoms with Gasteiger partial charge in [0.1, 0.15) is 6.61 Å². The first kappa shape index (κ1) is 23.6. The van der Waals surface area contributed by atoms with Gasteiger partial charge in [0.2, 0.25) is 11.8 Å². The number of ether oxygens (including phenoxy) is 3. The largest absolute Gasteiger partial charge is 0.493 e. The molecular formula is C25H32N2O5. The summed E-state index contributed by atoms with van der Waals surface area (Å²) < 4.78 is 16.3. The maximum Gasteiger partial charge on any atom is 0.225 e. The smallest absolute Gasteiger partial charge is 0.225 e. The molecule has 2 aromatic rings. The first-order valence-electron chi connectivity index (χ1n) is 10.9. The van der Waals surface area contributed by atoms with Crippen LogP contribution < -0.4 is 14.8 Å². The lowest BCUT2D eigenvalue weighted by atomic mass is 9.83. The van der Waals surface area contributed by atoms with Crippen molar-refractivity contribution in [3.63, 3.8) is 0 Å². The van der Waals surface area contributed by atoms with Crippen LogP contribution in [0.3, 0.4) is 0 Å². The van der Waals surface area contributed by atoms with Crippen LogP contribution >= 0.6 is 0 Å². The maximum absolute atomic E-state index is 13.1. The minimum absolute atomic E-state index is 0.0520. The van der Waals surface area contributed by atoms with Gasteiger partial charge < -0.3 is 24.4 Å². The summed E-state index contributed by atoms with van der Waals surface area (Å²) in [4.78, 5) is 27.6. The first-order valence-corrected chi connectivity index (χ1v) is 10.9. The topological polar surface area (TPSA) is 77.1 Å². The molecule has 1 aliphatic heterocycles. The van der Waals surface area contributed by atoms with Gasteiger partial charge in [-0.3, -0.25) is 9.59 Å². The highest BCUT2D eigenvalue weighted by Crippen LogP contribution is 2.37. The van der Waals surface area contributed by atoms with Gasteiger partial charge >= 0.3 is 0 Å². The van der Waals surface area contributed by atoms with E-state index in [1.165, 1.54) is 0 Å². The fourth-order valence-electron chi connectivity index (χ4n) is 4.06. The Bertz CT molecular complexity index is 899. The molecule has 1 fully saturated rings. The molecule has 1 heterocycles. The lowest BCUT2D eigenvalue weighted by Gasteiger charge is -2.40. The molecule has 1 aliphatic rings. The standard InChI is InChI=1S/C25H32N2O5/c1-18-8-10-19(11-9-18)24-20(12-13-23(28)27(24)15-17-30-2)25(29)26-14-16-32-22-7-5-4-6-21(22)31-3/h4-11,20,24H,12-17H2,1-3H3,(H,26,29). The van der Waals surface area contributed by atoms with Crippen LogP contribution in [0, 0.1) is 12.8 Å². The average Bonchev–Trinajstić information content (AvgIpc) is 2.81. The number of rotatable bonds is 10. The molecule has 2 aromatic carbocycles. The third-order valence-corrected chi connectivity index (χ3v) is 5.73. The van der Waals surface area contributed by atoms with E-state index in [2.05, 4.69) is 5.32 Å². The lowest BCUT2D eigenvalue weighted by Crippen LogP contribution is -2.49. The number of nitrogens with zero attached hydrogens (tertiary/aromatic N) is 1. The molecule has 0 bridgehead atoms. The molecule has 1 saturated heterocycles. The molecule has 7 heteroatoms. The number of hydrogen-bond donors (Lipinski definition) is 1. The Kier molecular flexibility index (Phi) is 8.50. The molecule has 2 atom stereocenters. The van der Waals surface area contributed by atoms with Gasteiger partial charge in [-0.25, -0.2) is 0 Å². The lowest BCUT2D eigenvalue weighted by molar-refractivity contribution is -0.144. The van der Waals surface area contributed by atoms with Crippen LogP contribution in [-0.2, 0) is 14.3 Å². The molecule has 0 aliphatic carbocycles. The highest BCUT2D eigenvalue weighted by Gasteiger charge is 2.40. The fraction of sp³-hybridized carbons (Fsp3) is 0.440. The van der Waals surface area contributed by atoms with Crippen LogP contribution in [0.25, 0.3) is 0 Å². The van der Waals surface area contributed by atoms with Crippen molar-refractivity contribution in [1.29, 1.82) is 0 Å². The van der Waals surface area contributed by atoms with Gasteiger partial charge in [-0.05, 0) is 31.0 Å². The number of carbonyl (C=O) groups is 2. The highest BCUT2D eigenvalue weighted by molar-refractivity contribution is 5.85. The monoisotopic (exact) mass is 440 g/mol. The van der Waals surface area contributed by atoms with E-state index in [9.17, 15) is 9.59 Å². The molecule has 3 rings (SSSR count). The molecule has 172 valence electrons. The minimum atomic E-state index is -0.335. The Morgan fingerprint density at radius 3 is 2.47 bits per heavy atom. The number of carbonyl (C=O) groups excluding carboxylic acids is 2. The predicted octanol–water partition coefficient (Wildman–Crippen LogP) is 3.12. The molecule has 7 nitrogen and oxygen atoms in total. The van der Waals surface area contributed by atoms with Crippen molar-refractivity contribution in [3.05, 3.63) is 59.7 Å². The van der Waals surface area contributed by atoms with Crippen LogP contribution in [-0.4, -0.2) is 57.2 Å². The number of amides is 2. The van der Waals surface area contributed by atoms with E-state index in [4.69, 9.17) is 14.2 Å².